The standard InChI is InChI=1S/C8H6ClF4N/c1-2(14)3-5(10)7(12)4(9)8(13)6(3)11/h2H,14H2,1H3. The predicted molar refractivity (Wildman–Crippen MR) is 43.9 cm³/mol. The first-order valence-electron chi connectivity index (χ1n) is 3.64. The summed E-state index contributed by atoms with van der Waals surface area (Å²) in [6, 6.07) is -1.16. The maximum atomic E-state index is 13.0. The molecule has 0 fully saturated rings. The van der Waals surface area contributed by atoms with E-state index in [2.05, 4.69) is 0 Å². The molecule has 0 saturated heterocycles. The average molecular weight is 228 g/mol. The van der Waals surface area contributed by atoms with Gasteiger partial charge in [-0.2, -0.15) is 0 Å². The van der Waals surface area contributed by atoms with Gasteiger partial charge in [-0.25, -0.2) is 17.6 Å². The summed E-state index contributed by atoms with van der Waals surface area (Å²) in [5.74, 6) is -6.36. The van der Waals surface area contributed by atoms with E-state index >= 15 is 0 Å². The van der Waals surface area contributed by atoms with Gasteiger partial charge in [0.2, 0.25) is 0 Å². The third-order valence-electron chi connectivity index (χ3n) is 1.70. The number of halogens is 5. The fourth-order valence-electron chi connectivity index (χ4n) is 1.02. The van der Waals surface area contributed by atoms with E-state index in [9.17, 15) is 17.6 Å². The summed E-state index contributed by atoms with van der Waals surface area (Å²) in [6.45, 7) is 1.20. The van der Waals surface area contributed by atoms with E-state index in [1.165, 1.54) is 6.92 Å². The number of rotatable bonds is 1. The Morgan fingerprint density at radius 2 is 1.36 bits per heavy atom. The van der Waals surface area contributed by atoms with Gasteiger partial charge in [-0.05, 0) is 6.92 Å². The third-order valence-corrected chi connectivity index (χ3v) is 2.03. The van der Waals surface area contributed by atoms with Gasteiger partial charge >= 0.3 is 0 Å². The van der Waals surface area contributed by atoms with E-state index in [0.717, 1.165) is 0 Å². The topological polar surface area (TPSA) is 26.0 Å². The van der Waals surface area contributed by atoms with Crippen molar-refractivity contribution in [1.82, 2.24) is 0 Å². The Morgan fingerprint density at radius 3 is 1.64 bits per heavy atom. The monoisotopic (exact) mass is 227 g/mol. The summed E-state index contributed by atoms with van der Waals surface area (Å²) in [5, 5.41) is -1.20. The van der Waals surface area contributed by atoms with Gasteiger partial charge in [-0.1, -0.05) is 11.6 Å². The van der Waals surface area contributed by atoms with Crippen molar-refractivity contribution in [2.45, 2.75) is 13.0 Å². The highest BCUT2D eigenvalue weighted by atomic mass is 35.5. The fourth-order valence-corrected chi connectivity index (χ4v) is 1.19. The number of hydrogen-bond acceptors (Lipinski definition) is 1. The van der Waals surface area contributed by atoms with E-state index in [4.69, 9.17) is 17.3 Å². The van der Waals surface area contributed by atoms with Crippen molar-refractivity contribution in [3.63, 3.8) is 0 Å². The van der Waals surface area contributed by atoms with Crippen molar-refractivity contribution in [3.05, 3.63) is 33.9 Å². The lowest BCUT2D eigenvalue weighted by molar-refractivity contribution is 0.431. The molecule has 0 bridgehead atoms. The average Bonchev–Trinajstić information content (AvgIpc) is 2.11. The van der Waals surface area contributed by atoms with Crippen LogP contribution < -0.4 is 5.73 Å². The quantitative estimate of drug-likeness (QED) is 0.446. The second-order valence-electron chi connectivity index (χ2n) is 2.77. The van der Waals surface area contributed by atoms with E-state index in [1.807, 2.05) is 0 Å². The number of benzene rings is 1. The van der Waals surface area contributed by atoms with E-state index in [-0.39, 0.29) is 0 Å². The second kappa shape index (κ2) is 3.74. The molecule has 0 saturated carbocycles. The lowest BCUT2D eigenvalue weighted by atomic mass is 10.1. The fraction of sp³-hybridized carbons (Fsp3) is 0.250. The van der Waals surface area contributed by atoms with Crippen molar-refractivity contribution in [2.24, 2.45) is 5.73 Å². The smallest absolute Gasteiger partial charge is 0.180 e. The first-order chi connectivity index (χ1) is 6.37. The molecule has 14 heavy (non-hydrogen) atoms. The van der Waals surface area contributed by atoms with Gasteiger partial charge in [0.15, 0.2) is 23.3 Å². The zero-order valence-electron chi connectivity index (χ0n) is 7.04. The molecule has 6 heteroatoms. The predicted octanol–water partition coefficient (Wildman–Crippen LogP) is 2.92. The lowest BCUT2D eigenvalue weighted by Crippen LogP contribution is -2.13. The molecule has 1 aromatic rings. The molecular weight excluding hydrogens is 222 g/mol. The minimum absolute atomic E-state index is 0.843. The van der Waals surface area contributed by atoms with Gasteiger partial charge in [0.1, 0.15) is 5.02 Å². The van der Waals surface area contributed by atoms with Gasteiger partial charge in [0.25, 0.3) is 0 Å². The largest absolute Gasteiger partial charge is 0.324 e. The molecule has 78 valence electrons. The Balaban J connectivity index is 3.60. The van der Waals surface area contributed by atoms with Crippen LogP contribution in [-0.2, 0) is 0 Å². The molecule has 1 unspecified atom stereocenters. The molecule has 0 spiro atoms. The van der Waals surface area contributed by atoms with Gasteiger partial charge in [0, 0.05) is 11.6 Å². The van der Waals surface area contributed by atoms with Crippen LogP contribution in [-0.4, -0.2) is 0 Å². The normalized spacial score (nSPS) is 13.1. The Bertz CT molecular complexity index is 349. The van der Waals surface area contributed by atoms with Crippen molar-refractivity contribution in [3.8, 4) is 0 Å². The van der Waals surface area contributed by atoms with Crippen LogP contribution in [0.4, 0.5) is 17.6 Å². The molecule has 1 nitrogen and oxygen atoms in total. The molecular formula is C8H6ClF4N. The van der Waals surface area contributed by atoms with Crippen molar-refractivity contribution < 1.29 is 17.6 Å². The SMILES string of the molecule is CC(N)c1c(F)c(F)c(Cl)c(F)c1F. The van der Waals surface area contributed by atoms with E-state index < -0.39 is 39.9 Å². The van der Waals surface area contributed by atoms with Crippen LogP contribution in [0.3, 0.4) is 0 Å². The summed E-state index contributed by atoms with van der Waals surface area (Å²) in [4.78, 5) is 0. The highest BCUT2D eigenvalue weighted by Gasteiger charge is 2.25. The number of hydrogen-bond donors (Lipinski definition) is 1. The molecule has 1 rings (SSSR count). The van der Waals surface area contributed by atoms with Gasteiger partial charge in [-0.15, -0.1) is 0 Å². The van der Waals surface area contributed by atoms with Gasteiger partial charge in [-0.3, -0.25) is 0 Å². The zero-order valence-corrected chi connectivity index (χ0v) is 7.80. The third kappa shape index (κ3) is 1.57. The van der Waals surface area contributed by atoms with Crippen LogP contribution in [0.15, 0.2) is 0 Å². The molecule has 0 aliphatic carbocycles. The summed E-state index contributed by atoms with van der Waals surface area (Å²) >= 11 is 4.99. The van der Waals surface area contributed by atoms with Crippen LogP contribution in [0.2, 0.25) is 5.02 Å². The molecule has 2 N–H and O–H groups in total. The first-order valence-corrected chi connectivity index (χ1v) is 4.02. The summed E-state index contributed by atoms with van der Waals surface area (Å²) < 4.78 is 51.7. The van der Waals surface area contributed by atoms with Crippen LogP contribution in [0.5, 0.6) is 0 Å². The molecule has 0 radical (unpaired) electrons. The Labute approximate surface area is 82.5 Å². The maximum absolute atomic E-state index is 13.0. The number of nitrogens with two attached hydrogens (primary N) is 1. The Kier molecular flexibility index (Phi) is 3.01. The van der Waals surface area contributed by atoms with Gasteiger partial charge in [0.05, 0.1) is 0 Å². The van der Waals surface area contributed by atoms with Crippen LogP contribution in [0.1, 0.15) is 18.5 Å². The molecule has 0 heterocycles. The zero-order chi connectivity index (χ0) is 11.0. The van der Waals surface area contributed by atoms with Crippen molar-refractivity contribution in [2.75, 3.05) is 0 Å². The highest BCUT2D eigenvalue weighted by molar-refractivity contribution is 6.30. The van der Waals surface area contributed by atoms with E-state index in [0.29, 0.717) is 0 Å². The summed E-state index contributed by atoms with van der Waals surface area (Å²) in [6.07, 6.45) is 0. The first kappa shape index (κ1) is 11.3. The van der Waals surface area contributed by atoms with Crippen LogP contribution >= 0.6 is 11.6 Å². The molecule has 1 aromatic carbocycles. The van der Waals surface area contributed by atoms with Crippen LogP contribution in [0, 0.1) is 23.3 Å². The van der Waals surface area contributed by atoms with Crippen molar-refractivity contribution in [1.29, 1.82) is 0 Å². The molecule has 0 aromatic heterocycles. The van der Waals surface area contributed by atoms with Crippen LogP contribution in [0.25, 0.3) is 0 Å². The minimum Gasteiger partial charge on any atom is -0.324 e. The molecule has 1 atom stereocenters. The highest BCUT2D eigenvalue weighted by Crippen LogP contribution is 2.30. The minimum atomic E-state index is -1.63. The Hall–Kier alpha value is -0.810. The maximum Gasteiger partial charge on any atom is 0.180 e. The summed E-state index contributed by atoms with van der Waals surface area (Å²) in [7, 11) is 0. The summed E-state index contributed by atoms with van der Waals surface area (Å²) in [5.41, 5.74) is 4.30. The van der Waals surface area contributed by atoms with E-state index in [1.54, 1.807) is 0 Å². The van der Waals surface area contributed by atoms with Gasteiger partial charge < -0.3 is 5.73 Å². The lowest BCUT2D eigenvalue weighted by Gasteiger charge is -2.11. The Morgan fingerprint density at radius 1 is 1.00 bits per heavy atom. The second-order valence-corrected chi connectivity index (χ2v) is 3.15. The molecule has 0 aliphatic rings. The van der Waals surface area contributed by atoms with Crippen molar-refractivity contribution >= 4 is 11.6 Å². The molecule has 0 aliphatic heterocycles. The molecule has 0 amide bonds.